The van der Waals surface area contributed by atoms with Crippen molar-refractivity contribution in [3.8, 4) is 18.4 Å². The van der Waals surface area contributed by atoms with Gasteiger partial charge in [0.1, 0.15) is 0 Å². The van der Waals surface area contributed by atoms with E-state index in [9.17, 15) is 0 Å². The predicted molar refractivity (Wildman–Crippen MR) is 60.9 cm³/mol. The lowest BCUT2D eigenvalue weighted by molar-refractivity contribution is 0.491. The Hall–Kier alpha value is -1.77. The molecule has 2 heteroatoms. The Morgan fingerprint density at radius 2 is 1.93 bits per heavy atom. The standard InChI is InChI=1S/C13H14N2/c1-4-13(2,3)15-10-12-7-5-11(9-14)6-8-12/h1,5-8,15H,10H2,2-3H3. The fourth-order valence-electron chi connectivity index (χ4n) is 1.07. The Kier molecular flexibility index (Phi) is 3.50. The lowest BCUT2D eigenvalue weighted by Gasteiger charge is -2.19. The molecule has 0 atom stereocenters. The van der Waals surface area contributed by atoms with Crippen LogP contribution in [0.4, 0.5) is 0 Å². The van der Waals surface area contributed by atoms with Crippen molar-refractivity contribution >= 4 is 0 Å². The first-order valence-electron chi connectivity index (χ1n) is 4.79. The van der Waals surface area contributed by atoms with Gasteiger partial charge in [-0.25, -0.2) is 0 Å². The molecule has 1 N–H and O–H groups in total. The van der Waals surface area contributed by atoms with Gasteiger partial charge in [0.05, 0.1) is 17.2 Å². The zero-order valence-electron chi connectivity index (χ0n) is 9.04. The third-order valence-corrected chi connectivity index (χ3v) is 2.18. The Morgan fingerprint density at radius 3 is 2.40 bits per heavy atom. The van der Waals surface area contributed by atoms with E-state index in [1.165, 1.54) is 0 Å². The Balaban J connectivity index is 2.61. The Morgan fingerprint density at radius 1 is 1.33 bits per heavy atom. The van der Waals surface area contributed by atoms with Crippen LogP contribution >= 0.6 is 0 Å². The van der Waals surface area contributed by atoms with Gasteiger partial charge in [0.2, 0.25) is 0 Å². The molecule has 0 amide bonds. The maximum absolute atomic E-state index is 8.63. The van der Waals surface area contributed by atoms with E-state index in [0.717, 1.165) is 5.56 Å². The number of hydrogen-bond acceptors (Lipinski definition) is 2. The lowest BCUT2D eigenvalue weighted by Crippen LogP contribution is -2.36. The highest BCUT2D eigenvalue weighted by molar-refractivity contribution is 5.31. The molecule has 0 aliphatic heterocycles. The van der Waals surface area contributed by atoms with Gasteiger partial charge in [-0.15, -0.1) is 6.42 Å². The fraction of sp³-hybridized carbons (Fsp3) is 0.308. The van der Waals surface area contributed by atoms with Gasteiger partial charge >= 0.3 is 0 Å². The number of benzene rings is 1. The van der Waals surface area contributed by atoms with Crippen molar-refractivity contribution < 1.29 is 0 Å². The highest BCUT2D eigenvalue weighted by atomic mass is 14.9. The Labute approximate surface area is 90.9 Å². The summed E-state index contributed by atoms with van der Waals surface area (Å²) in [6.07, 6.45) is 5.36. The van der Waals surface area contributed by atoms with Crippen LogP contribution in [0.15, 0.2) is 24.3 Å². The number of hydrogen-bond donors (Lipinski definition) is 1. The number of nitrogens with one attached hydrogen (secondary N) is 1. The highest BCUT2D eigenvalue weighted by Gasteiger charge is 2.11. The van der Waals surface area contributed by atoms with E-state index in [2.05, 4.69) is 17.3 Å². The molecule has 0 saturated heterocycles. The topological polar surface area (TPSA) is 35.8 Å². The summed E-state index contributed by atoms with van der Waals surface area (Å²) < 4.78 is 0. The summed E-state index contributed by atoms with van der Waals surface area (Å²) in [6.45, 7) is 4.62. The first-order chi connectivity index (χ1) is 7.07. The third kappa shape index (κ3) is 3.46. The summed E-state index contributed by atoms with van der Waals surface area (Å²) in [4.78, 5) is 0. The van der Waals surface area contributed by atoms with Gasteiger partial charge in [-0.1, -0.05) is 18.1 Å². The van der Waals surface area contributed by atoms with Gasteiger partial charge in [0, 0.05) is 6.54 Å². The minimum absolute atomic E-state index is 0.298. The molecule has 1 aromatic carbocycles. The molecule has 76 valence electrons. The molecule has 0 spiro atoms. The van der Waals surface area contributed by atoms with Gasteiger partial charge in [-0.3, -0.25) is 5.32 Å². The van der Waals surface area contributed by atoms with Crippen LogP contribution in [0.5, 0.6) is 0 Å². The van der Waals surface area contributed by atoms with Crippen molar-refractivity contribution in [1.82, 2.24) is 5.32 Å². The summed E-state index contributed by atoms with van der Waals surface area (Å²) in [5.74, 6) is 2.67. The molecule has 1 rings (SSSR count). The van der Waals surface area contributed by atoms with Crippen molar-refractivity contribution in [3.05, 3.63) is 35.4 Å². The SMILES string of the molecule is C#CC(C)(C)NCc1ccc(C#N)cc1. The van der Waals surface area contributed by atoms with Crippen LogP contribution in [-0.4, -0.2) is 5.54 Å². The molecule has 0 unspecified atom stereocenters. The van der Waals surface area contributed by atoms with E-state index < -0.39 is 0 Å². The molecule has 15 heavy (non-hydrogen) atoms. The fourth-order valence-corrected chi connectivity index (χ4v) is 1.07. The van der Waals surface area contributed by atoms with E-state index in [4.69, 9.17) is 11.7 Å². The summed E-state index contributed by atoms with van der Waals surface area (Å²) in [5.41, 5.74) is 1.50. The molecule has 0 bridgehead atoms. The lowest BCUT2D eigenvalue weighted by atomic mass is 10.1. The van der Waals surface area contributed by atoms with Crippen molar-refractivity contribution in [2.45, 2.75) is 25.9 Å². The average molecular weight is 198 g/mol. The van der Waals surface area contributed by atoms with Crippen LogP contribution in [-0.2, 0) is 6.54 Å². The monoisotopic (exact) mass is 198 g/mol. The summed E-state index contributed by atoms with van der Waals surface area (Å²) in [7, 11) is 0. The summed E-state index contributed by atoms with van der Waals surface area (Å²) in [5, 5.41) is 11.9. The predicted octanol–water partition coefficient (Wildman–Crippen LogP) is 2.06. The minimum Gasteiger partial charge on any atom is -0.298 e. The van der Waals surface area contributed by atoms with Crippen LogP contribution < -0.4 is 5.32 Å². The molecule has 2 nitrogen and oxygen atoms in total. The first-order valence-corrected chi connectivity index (χ1v) is 4.79. The second-order valence-corrected chi connectivity index (χ2v) is 3.93. The van der Waals surface area contributed by atoms with Gasteiger partial charge in [-0.05, 0) is 31.5 Å². The zero-order valence-corrected chi connectivity index (χ0v) is 9.04. The van der Waals surface area contributed by atoms with E-state index in [0.29, 0.717) is 12.1 Å². The van der Waals surface area contributed by atoms with Crippen LogP contribution in [0, 0.1) is 23.7 Å². The zero-order chi connectivity index (χ0) is 11.3. The molecule has 0 aromatic heterocycles. The van der Waals surface area contributed by atoms with Crippen LogP contribution in [0.1, 0.15) is 25.0 Å². The van der Waals surface area contributed by atoms with Crippen LogP contribution in [0.3, 0.4) is 0 Å². The maximum Gasteiger partial charge on any atom is 0.0991 e. The van der Waals surface area contributed by atoms with Gasteiger partial charge in [0.15, 0.2) is 0 Å². The molecular weight excluding hydrogens is 184 g/mol. The smallest absolute Gasteiger partial charge is 0.0991 e. The van der Waals surface area contributed by atoms with E-state index >= 15 is 0 Å². The van der Waals surface area contributed by atoms with Gasteiger partial charge < -0.3 is 0 Å². The molecule has 0 aliphatic rings. The van der Waals surface area contributed by atoms with E-state index in [-0.39, 0.29) is 5.54 Å². The molecule has 0 aliphatic carbocycles. The normalized spacial score (nSPS) is 10.4. The third-order valence-electron chi connectivity index (χ3n) is 2.18. The Bertz CT molecular complexity index is 402. The quantitative estimate of drug-likeness (QED) is 0.755. The highest BCUT2D eigenvalue weighted by Crippen LogP contribution is 2.06. The minimum atomic E-state index is -0.298. The number of nitrogens with zero attached hydrogens (tertiary/aromatic N) is 1. The number of nitriles is 1. The van der Waals surface area contributed by atoms with Gasteiger partial charge in [0.25, 0.3) is 0 Å². The van der Waals surface area contributed by atoms with Crippen molar-refractivity contribution in [2.75, 3.05) is 0 Å². The van der Waals surface area contributed by atoms with Crippen LogP contribution in [0.25, 0.3) is 0 Å². The molecule has 0 heterocycles. The van der Waals surface area contributed by atoms with Crippen molar-refractivity contribution in [2.24, 2.45) is 0 Å². The maximum atomic E-state index is 8.63. The first kappa shape index (κ1) is 11.3. The van der Waals surface area contributed by atoms with E-state index in [1.807, 2.05) is 26.0 Å². The molecule has 0 saturated carbocycles. The van der Waals surface area contributed by atoms with Crippen LogP contribution in [0.2, 0.25) is 0 Å². The molecular formula is C13H14N2. The molecule has 0 radical (unpaired) electrons. The summed E-state index contributed by atoms with van der Waals surface area (Å²) >= 11 is 0. The van der Waals surface area contributed by atoms with Crippen molar-refractivity contribution in [1.29, 1.82) is 5.26 Å². The number of rotatable bonds is 3. The second-order valence-electron chi connectivity index (χ2n) is 3.93. The molecule has 1 aromatic rings. The van der Waals surface area contributed by atoms with Gasteiger partial charge in [-0.2, -0.15) is 5.26 Å². The summed E-state index contributed by atoms with van der Waals surface area (Å²) in [6, 6.07) is 9.55. The van der Waals surface area contributed by atoms with Crippen molar-refractivity contribution in [3.63, 3.8) is 0 Å². The van der Waals surface area contributed by atoms with E-state index in [1.54, 1.807) is 12.1 Å². The largest absolute Gasteiger partial charge is 0.298 e. The molecule has 0 fully saturated rings. The number of terminal acetylenes is 1. The average Bonchev–Trinajstić information content (AvgIpc) is 2.27. The second kappa shape index (κ2) is 4.64.